The first-order chi connectivity index (χ1) is 10.7. The van der Waals surface area contributed by atoms with Gasteiger partial charge in [0.05, 0.1) is 17.0 Å². The molecule has 1 aromatic rings. The van der Waals surface area contributed by atoms with Crippen LogP contribution >= 0.6 is 11.8 Å². The summed E-state index contributed by atoms with van der Waals surface area (Å²) in [5.74, 6) is 1.45. The normalized spacial score (nSPS) is 21.7. The molecule has 0 unspecified atom stereocenters. The number of aromatic nitrogens is 2. The van der Waals surface area contributed by atoms with Crippen LogP contribution in [0, 0.1) is 5.92 Å². The van der Waals surface area contributed by atoms with Gasteiger partial charge in [0.25, 0.3) is 0 Å². The average molecular weight is 317 g/mol. The van der Waals surface area contributed by atoms with Crippen molar-refractivity contribution in [3.63, 3.8) is 0 Å². The largest absolute Gasteiger partial charge is 0.317 e. The van der Waals surface area contributed by atoms with Crippen LogP contribution in [0.15, 0.2) is 17.2 Å². The molecule has 0 aromatic carbocycles. The number of ketones is 1. The number of thioether (sulfide) groups is 1. The van der Waals surface area contributed by atoms with Gasteiger partial charge in [-0.1, -0.05) is 0 Å². The van der Waals surface area contributed by atoms with Gasteiger partial charge in [0.1, 0.15) is 5.82 Å². The van der Waals surface area contributed by atoms with Crippen molar-refractivity contribution < 1.29 is 9.59 Å². The van der Waals surface area contributed by atoms with E-state index in [1.807, 2.05) is 0 Å². The molecule has 3 heterocycles. The highest BCUT2D eigenvalue weighted by molar-refractivity contribution is 8.18. The summed E-state index contributed by atoms with van der Waals surface area (Å²) in [7, 11) is 0. The zero-order chi connectivity index (χ0) is 15.4. The number of nitrogens with zero attached hydrogens (tertiary/aromatic N) is 2. The van der Waals surface area contributed by atoms with Crippen molar-refractivity contribution >= 4 is 28.7 Å². The molecule has 2 aliphatic rings. The van der Waals surface area contributed by atoms with Crippen molar-refractivity contribution in [2.24, 2.45) is 5.92 Å². The van der Waals surface area contributed by atoms with E-state index in [0.29, 0.717) is 10.6 Å². The number of rotatable bonds is 4. The number of carbonyl (C=O) groups excluding carboxylic acids is 2. The third-order valence-corrected chi connectivity index (χ3v) is 4.98. The summed E-state index contributed by atoms with van der Waals surface area (Å²) in [4.78, 5) is 32.2. The van der Waals surface area contributed by atoms with Crippen molar-refractivity contribution in [2.45, 2.75) is 32.1 Å². The lowest BCUT2D eigenvalue weighted by Gasteiger charge is -2.22. The Morgan fingerprint density at radius 3 is 2.86 bits per heavy atom. The van der Waals surface area contributed by atoms with Crippen LogP contribution in [0.5, 0.6) is 0 Å². The number of nitrogens with one attached hydrogen (secondary N) is 1. The summed E-state index contributed by atoms with van der Waals surface area (Å²) < 4.78 is 0. The van der Waals surface area contributed by atoms with Crippen molar-refractivity contribution in [2.75, 3.05) is 13.1 Å². The molecule has 1 N–H and O–H groups in total. The second-order valence-electron chi connectivity index (χ2n) is 5.71. The molecular formula is C16H19N3O2S. The molecule has 0 aliphatic carbocycles. The van der Waals surface area contributed by atoms with Crippen LogP contribution in [0.1, 0.15) is 37.2 Å². The number of allylic oxidation sites excluding steroid dienone is 1. The maximum absolute atomic E-state index is 11.6. The topological polar surface area (TPSA) is 72.0 Å². The quantitative estimate of drug-likeness (QED) is 0.676. The lowest BCUT2D eigenvalue weighted by atomic mass is 9.93. The maximum atomic E-state index is 11.6. The van der Waals surface area contributed by atoms with Gasteiger partial charge in [0.2, 0.25) is 5.12 Å². The first-order valence-corrected chi connectivity index (χ1v) is 8.50. The van der Waals surface area contributed by atoms with Crippen LogP contribution in [0.3, 0.4) is 0 Å². The van der Waals surface area contributed by atoms with Gasteiger partial charge in [-0.2, -0.15) is 0 Å². The Morgan fingerprint density at radius 1 is 1.32 bits per heavy atom. The number of hydrogen-bond donors (Lipinski definition) is 1. The lowest BCUT2D eigenvalue weighted by Crippen LogP contribution is -2.28. The predicted octanol–water partition coefficient (Wildman–Crippen LogP) is 1.98. The Bertz CT molecular complexity index is 609. The molecule has 0 radical (unpaired) electrons. The van der Waals surface area contributed by atoms with Crippen LogP contribution in [0.2, 0.25) is 0 Å². The monoisotopic (exact) mass is 317 g/mol. The van der Waals surface area contributed by atoms with Crippen molar-refractivity contribution in [3.8, 4) is 0 Å². The fraction of sp³-hybridized carbons (Fsp3) is 0.500. The maximum Gasteiger partial charge on any atom is 0.201 e. The zero-order valence-electron chi connectivity index (χ0n) is 12.4. The molecule has 22 heavy (non-hydrogen) atoms. The molecule has 0 saturated carbocycles. The second-order valence-corrected chi connectivity index (χ2v) is 6.81. The zero-order valence-corrected chi connectivity index (χ0v) is 13.2. The second kappa shape index (κ2) is 7.15. The van der Waals surface area contributed by atoms with E-state index in [2.05, 4.69) is 15.3 Å². The molecule has 2 saturated heterocycles. The Labute approximate surface area is 134 Å². The Morgan fingerprint density at radius 2 is 2.14 bits per heavy atom. The predicted molar refractivity (Wildman–Crippen MR) is 86.1 cm³/mol. The highest BCUT2D eigenvalue weighted by Gasteiger charge is 2.25. The number of Topliss-reactive ketones (excluding diaryl/α,β-unsaturated/α-hetero) is 1. The van der Waals surface area contributed by atoms with Crippen molar-refractivity contribution in [1.29, 1.82) is 0 Å². The SMILES string of the molecule is O=C1CC(=O)/C(=C/c2ccnc(CCC3CCNCC3)n2)S1. The molecule has 0 bridgehead atoms. The Hall–Kier alpha value is -1.53. The highest BCUT2D eigenvalue weighted by atomic mass is 32.2. The van der Waals surface area contributed by atoms with E-state index in [1.165, 1.54) is 12.8 Å². The number of piperidine rings is 1. The van der Waals surface area contributed by atoms with Gasteiger partial charge in [-0.15, -0.1) is 0 Å². The molecule has 3 rings (SSSR count). The first kappa shape index (κ1) is 15.4. The first-order valence-electron chi connectivity index (χ1n) is 7.69. The minimum atomic E-state index is -0.107. The Balaban J connectivity index is 1.63. The third-order valence-electron chi connectivity index (χ3n) is 4.04. The van der Waals surface area contributed by atoms with Crippen LogP contribution in [-0.2, 0) is 16.0 Å². The summed E-state index contributed by atoms with van der Waals surface area (Å²) >= 11 is 1.02. The summed E-state index contributed by atoms with van der Waals surface area (Å²) in [6.07, 6.45) is 7.84. The standard InChI is InChI=1S/C16H19N3O2S/c20-13-10-16(21)22-14(13)9-12-5-8-18-15(19-12)2-1-11-3-6-17-7-4-11/h5,8-9,11,17H,1-4,6-7,10H2/b14-9-. The van der Waals surface area contributed by atoms with E-state index in [9.17, 15) is 9.59 Å². The van der Waals surface area contributed by atoms with E-state index >= 15 is 0 Å². The van der Waals surface area contributed by atoms with Gasteiger partial charge in [-0.05, 0) is 62.2 Å². The van der Waals surface area contributed by atoms with E-state index in [1.54, 1.807) is 18.3 Å². The third kappa shape index (κ3) is 4.01. The molecular weight excluding hydrogens is 298 g/mol. The minimum Gasteiger partial charge on any atom is -0.317 e. The van der Waals surface area contributed by atoms with E-state index in [-0.39, 0.29) is 17.3 Å². The average Bonchev–Trinajstić information content (AvgIpc) is 2.84. The molecule has 6 heteroatoms. The summed E-state index contributed by atoms with van der Waals surface area (Å²) in [6, 6.07) is 1.78. The van der Waals surface area contributed by atoms with E-state index < -0.39 is 0 Å². The molecule has 1 aromatic heterocycles. The molecule has 2 fully saturated rings. The molecule has 5 nitrogen and oxygen atoms in total. The van der Waals surface area contributed by atoms with Gasteiger partial charge in [0, 0.05) is 12.6 Å². The summed E-state index contributed by atoms with van der Waals surface area (Å²) in [5.41, 5.74) is 0.709. The van der Waals surface area contributed by atoms with E-state index in [4.69, 9.17) is 0 Å². The van der Waals surface area contributed by atoms with Crippen molar-refractivity contribution in [1.82, 2.24) is 15.3 Å². The molecule has 0 amide bonds. The van der Waals surface area contributed by atoms with Gasteiger partial charge < -0.3 is 5.32 Å². The fourth-order valence-corrected chi connectivity index (χ4v) is 3.61. The summed E-state index contributed by atoms with van der Waals surface area (Å²) in [5, 5.41) is 3.28. The van der Waals surface area contributed by atoms with Gasteiger partial charge >= 0.3 is 0 Å². The van der Waals surface area contributed by atoms with Gasteiger partial charge in [0.15, 0.2) is 5.78 Å². The smallest absolute Gasteiger partial charge is 0.201 e. The number of hydrogen-bond acceptors (Lipinski definition) is 6. The molecule has 0 atom stereocenters. The lowest BCUT2D eigenvalue weighted by molar-refractivity contribution is -0.119. The van der Waals surface area contributed by atoms with Gasteiger partial charge in [-0.3, -0.25) is 9.59 Å². The van der Waals surface area contributed by atoms with Gasteiger partial charge in [-0.25, -0.2) is 9.97 Å². The molecule has 0 spiro atoms. The summed E-state index contributed by atoms with van der Waals surface area (Å²) in [6.45, 7) is 2.20. The van der Waals surface area contributed by atoms with Crippen LogP contribution in [-0.4, -0.2) is 34.0 Å². The minimum absolute atomic E-state index is 0.00412. The molecule has 2 aliphatic heterocycles. The number of aryl methyl sites for hydroxylation is 1. The van der Waals surface area contributed by atoms with Crippen molar-refractivity contribution in [3.05, 3.63) is 28.7 Å². The highest BCUT2D eigenvalue weighted by Crippen LogP contribution is 2.30. The van der Waals surface area contributed by atoms with Crippen LogP contribution < -0.4 is 5.32 Å². The number of carbonyl (C=O) groups is 2. The van der Waals surface area contributed by atoms with Crippen LogP contribution in [0.25, 0.3) is 6.08 Å². The molecule has 116 valence electrons. The van der Waals surface area contributed by atoms with Crippen LogP contribution in [0.4, 0.5) is 0 Å². The van der Waals surface area contributed by atoms with E-state index in [0.717, 1.165) is 49.4 Å². The fourth-order valence-electron chi connectivity index (χ4n) is 2.80. The Kier molecular flexibility index (Phi) is 5.00.